The zero-order chi connectivity index (χ0) is 22.8. The Bertz CT molecular complexity index is 1520. The van der Waals surface area contributed by atoms with Gasteiger partial charge in [0.2, 0.25) is 0 Å². The fourth-order valence-corrected chi connectivity index (χ4v) is 4.04. The summed E-state index contributed by atoms with van der Waals surface area (Å²) in [5.74, 6) is -0.311. The Kier molecular flexibility index (Phi) is 5.66. The Morgan fingerprint density at radius 1 is 0.818 bits per heavy atom. The van der Waals surface area contributed by atoms with Crippen LogP contribution in [0.4, 0.5) is 8.78 Å². The summed E-state index contributed by atoms with van der Waals surface area (Å²) in [6, 6.07) is 22.8. The summed E-state index contributed by atoms with van der Waals surface area (Å²) in [5, 5.41) is 4.49. The third-order valence-electron chi connectivity index (χ3n) is 5.67. The summed E-state index contributed by atoms with van der Waals surface area (Å²) in [6.45, 7) is 1.80. The van der Waals surface area contributed by atoms with E-state index >= 15 is 0 Å². The maximum atomic E-state index is 13.9. The van der Waals surface area contributed by atoms with Gasteiger partial charge in [-0.15, -0.1) is 0 Å². The highest BCUT2D eigenvalue weighted by molar-refractivity contribution is 6.03. The maximum Gasteiger partial charge on any atom is 0.123 e. The van der Waals surface area contributed by atoms with Crippen molar-refractivity contribution in [1.29, 1.82) is 0 Å². The molecule has 4 heteroatoms. The van der Waals surface area contributed by atoms with Crippen molar-refractivity contribution in [3.8, 4) is 11.3 Å². The van der Waals surface area contributed by atoms with Gasteiger partial charge in [0.15, 0.2) is 0 Å². The highest BCUT2D eigenvalue weighted by atomic mass is 19.1. The zero-order valence-electron chi connectivity index (χ0n) is 18.2. The van der Waals surface area contributed by atoms with Crippen molar-refractivity contribution in [2.24, 2.45) is 0 Å². The van der Waals surface area contributed by atoms with Crippen LogP contribution in [0.1, 0.15) is 19.0 Å². The van der Waals surface area contributed by atoms with E-state index in [1.165, 1.54) is 23.6 Å². The summed E-state index contributed by atoms with van der Waals surface area (Å²) < 4.78 is 27.4. The average molecular weight is 437 g/mol. The fraction of sp³-hybridized carbons (Fsp3) is 0.103. The van der Waals surface area contributed by atoms with Crippen LogP contribution in [0.25, 0.3) is 49.9 Å². The number of hydrogen-bond donors (Lipinski definition) is 0. The number of alkyl halides is 1. The molecule has 0 bridgehead atoms. The molecule has 2 nitrogen and oxygen atoms in total. The predicted octanol–water partition coefficient (Wildman–Crippen LogP) is 8.06. The Morgan fingerprint density at radius 3 is 2.09 bits per heavy atom. The van der Waals surface area contributed by atoms with Crippen molar-refractivity contribution in [1.82, 2.24) is 9.97 Å². The Hall–Kier alpha value is -3.92. The lowest BCUT2D eigenvalue weighted by atomic mass is 10.0. The molecule has 1 atom stereocenters. The van der Waals surface area contributed by atoms with Gasteiger partial charge in [-0.25, -0.2) is 18.7 Å². The first-order valence-corrected chi connectivity index (χ1v) is 10.9. The smallest absolute Gasteiger partial charge is 0.123 e. The van der Waals surface area contributed by atoms with E-state index in [1.807, 2.05) is 24.3 Å². The van der Waals surface area contributed by atoms with Crippen molar-refractivity contribution in [2.45, 2.75) is 19.5 Å². The van der Waals surface area contributed by atoms with Crippen LogP contribution in [-0.4, -0.2) is 16.1 Å². The fourth-order valence-electron chi connectivity index (χ4n) is 4.04. The lowest BCUT2D eigenvalue weighted by molar-refractivity contribution is 0.404. The number of benzene rings is 4. The van der Waals surface area contributed by atoms with E-state index in [1.54, 1.807) is 37.3 Å². The topological polar surface area (TPSA) is 25.8 Å². The minimum atomic E-state index is -1.05. The maximum absolute atomic E-state index is 13.9. The van der Waals surface area contributed by atoms with Crippen molar-refractivity contribution >= 4 is 38.7 Å². The molecule has 1 aromatic heterocycles. The predicted molar refractivity (Wildman–Crippen MR) is 133 cm³/mol. The van der Waals surface area contributed by atoms with Crippen LogP contribution in [0.3, 0.4) is 0 Å². The van der Waals surface area contributed by atoms with Crippen molar-refractivity contribution in [2.75, 3.05) is 0 Å². The van der Waals surface area contributed by atoms with Crippen molar-refractivity contribution < 1.29 is 8.78 Å². The van der Waals surface area contributed by atoms with Gasteiger partial charge in [0.05, 0.1) is 22.4 Å². The van der Waals surface area contributed by atoms with Crippen LogP contribution in [0.15, 0.2) is 91.0 Å². The molecule has 0 saturated carbocycles. The number of halogens is 2. The van der Waals surface area contributed by atoms with Crippen LogP contribution >= 0.6 is 0 Å². The second-order valence-corrected chi connectivity index (χ2v) is 8.03. The van der Waals surface area contributed by atoms with E-state index in [-0.39, 0.29) is 12.2 Å². The van der Waals surface area contributed by atoms with Crippen LogP contribution < -0.4 is 0 Å². The minimum Gasteiger partial charge on any atom is -0.244 e. The summed E-state index contributed by atoms with van der Waals surface area (Å²) in [4.78, 5) is 9.76. The highest BCUT2D eigenvalue weighted by Gasteiger charge is 2.11. The summed E-state index contributed by atoms with van der Waals surface area (Å²) in [6.07, 6.45) is 5.98. The number of nitrogens with zero attached hydrogens (tertiary/aromatic N) is 2. The molecule has 5 aromatic rings. The number of allylic oxidation sites excluding steroid dienone is 3. The average Bonchev–Trinajstić information content (AvgIpc) is 2.82. The quantitative estimate of drug-likeness (QED) is 0.206. The van der Waals surface area contributed by atoms with Crippen LogP contribution in [0, 0.1) is 5.82 Å². The van der Waals surface area contributed by atoms with Gasteiger partial charge < -0.3 is 0 Å². The normalized spacial score (nSPS) is 13.1. The molecule has 0 aliphatic rings. The molecule has 1 heterocycles. The second-order valence-electron chi connectivity index (χ2n) is 8.03. The molecule has 0 spiro atoms. The molecule has 0 aliphatic heterocycles. The van der Waals surface area contributed by atoms with E-state index in [0.29, 0.717) is 11.4 Å². The van der Waals surface area contributed by atoms with Gasteiger partial charge in [-0.2, -0.15) is 0 Å². The molecule has 0 aliphatic carbocycles. The van der Waals surface area contributed by atoms with E-state index < -0.39 is 6.17 Å². The molecule has 4 aromatic carbocycles. The third kappa shape index (κ3) is 4.37. The molecule has 5 rings (SSSR count). The van der Waals surface area contributed by atoms with Gasteiger partial charge in [0.25, 0.3) is 0 Å². The van der Waals surface area contributed by atoms with Crippen LogP contribution in [0.2, 0.25) is 0 Å². The lowest BCUT2D eigenvalue weighted by Gasteiger charge is -2.10. The van der Waals surface area contributed by atoms with E-state index in [4.69, 9.17) is 9.97 Å². The molecule has 162 valence electrons. The number of hydrogen-bond acceptors (Lipinski definition) is 2. The van der Waals surface area contributed by atoms with Gasteiger partial charge in [0, 0.05) is 12.0 Å². The van der Waals surface area contributed by atoms with E-state index in [2.05, 4.69) is 24.3 Å². The molecular formula is C29H22F2N2. The molecular weight excluding hydrogens is 414 g/mol. The third-order valence-corrected chi connectivity index (χ3v) is 5.67. The van der Waals surface area contributed by atoms with E-state index in [9.17, 15) is 8.78 Å². The highest BCUT2D eigenvalue weighted by Crippen LogP contribution is 2.29. The largest absolute Gasteiger partial charge is 0.244 e. The molecule has 0 radical (unpaired) electrons. The minimum absolute atomic E-state index is 0.247. The Morgan fingerprint density at radius 2 is 1.45 bits per heavy atom. The van der Waals surface area contributed by atoms with Gasteiger partial charge in [0.1, 0.15) is 12.0 Å². The Balaban J connectivity index is 1.67. The monoisotopic (exact) mass is 436 g/mol. The molecule has 0 fully saturated rings. The first-order valence-electron chi connectivity index (χ1n) is 10.9. The SMILES string of the molecule is C/C=C\C(F)C/C=C/c1nc2cc3cc4ccccc4cc3cc2nc1-c1ccc(F)cc1. The molecule has 33 heavy (non-hydrogen) atoms. The van der Waals surface area contributed by atoms with Gasteiger partial charge in [-0.3, -0.25) is 0 Å². The van der Waals surface area contributed by atoms with Gasteiger partial charge in [-0.05, 0) is 83.1 Å². The zero-order valence-corrected chi connectivity index (χ0v) is 18.2. The Labute approximate surface area is 190 Å². The summed E-state index contributed by atoms with van der Waals surface area (Å²) >= 11 is 0. The molecule has 0 amide bonds. The number of rotatable bonds is 5. The first-order chi connectivity index (χ1) is 16.1. The molecule has 1 unspecified atom stereocenters. The lowest BCUT2D eigenvalue weighted by Crippen LogP contribution is -1.96. The summed E-state index contributed by atoms with van der Waals surface area (Å²) in [5.41, 5.74) is 3.54. The van der Waals surface area contributed by atoms with Crippen molar-refractivity contribution in [3.63, 3.8) is 0 Å². The van der Waals surface area contributed by atoms with E-state index in [0.717, 1.165) is 32.8 Å². The van der Waals surface area contributed by atoms with Gasteiger partial charge >= 0.3 is 0 Å². The van der Waals surface area contributed by atoms with Crippen LogP contribution in [-0.2, 0) is 0 Å². The first kappa shape index (κ1) is 21.0. The number of aromatic nitrogens is 2. The molecule has 0 N–H and O–H groups in total. The molecule has 0 saturated heterocycles. The second kappa shape index (κ2) is 8.91. The van der Waals surface area contributed by atoms with Crippen molar-refractivity contribution in [3.05, 3.63) is 103 Å². The van der Waals surface area contributed by atoms with Gasteiger partial charge in [-0.1, -0.05) is 42.5 Å². The van der Waals surface area contributed by atoms with Crippen LogP contribution in [0.5, 0.6) is 0 Å². The standard InChI is InChI=1S/C29H22F2N2/c1-2-6-24(30)9-5-10-26-29(19-11-13-25(31)14-12-19)33-28-18-23-16-21-8-4-3-7-20(21)15-22(23)17-27(28)32-26/h2-8,10-18,24H,9H2,1H3/b6-2-,10-5+. The number of fused-ring (bicyclic) bond motifs is 3. The summed E-state index contributed by atoms with van der Waals surface area (Å²) in [7, 11) is 0.